The van der Waals surface area contributed by atoms with E-state index in [-0.39, 0.29) is 6.04 Å². The van der Waals surface area contributed by atoms with E-state index in [1.165, 1.54) is 0 Å². The van der Waals surface area contributed by atoms with Crippen LogP contribution in [0.25, 0.3) is 0 Å². The maximum absolute atomic E-state index is 6.24. The number of nitrogens with two attached hydrogens (primary N) is 1. The van der Waals surface area contributed by atoms with E-state index >= 15 is 0 Å². The fraction of sp³-hybridized carbons (Fsp3) is 0.400. The van der Waals surface area contributed by atoms with Gasteiger partial charge in [0.05, 0.1) is 21.4 Å². The van der Waals surface area contributed by atoms with Crippen molar-refractivity contribution < 1.29 is 4.74 Å². The van der Waals surface area contributed by atoms with Crippen molar-refractivity contribution in [3.05, 3.63) is 45.2 Å². The van der Waals surface area contributed by atoms with Gasteiger partial charge in [-0.05, 0) is 38.0 Å². The van der Waals surface area contributed by atoms with Crippen LogP contribution in [0.4, 0.5) is 0 Å². The topological polar surface area (TPSA) is 53.1 Å². The molecule has 0 aliphatic carbocycles. The largest absolute Gasteiger partial charge is 0.486 e. The predicted molar refractivity (Wildman–Crippen MR) is 86.1 cm³/mol. The third-order valence-corrected chi connectivity index (χ3v) is 3.97. The lowest BCUT2D eigenvalue weighted by molar-refractivity contribution is 0.295. The van der Waals surface area contributed by atoms with Gasteiger partial charge in [0.15, 0.2) is 0 Å². The smallest absolute Gasteiger partial charge is 0.138 e. The fourth-order valence-electron chi connectivity index (χ4n) is 2.14. The highest BCUT2D eigenvalue weighted by atomic mass is 35.5. The highest BCUT2D eigenvalue weighted by Gasteiger charge is 2.12. The quantitative estimate of drug-likeness (QED) is 0.914. The van der Waals surface area contributed by atoms with Crippen molar-refractivity contribution in [3.8, 4) is 5.75 Å². The summed E-state index contributed by atoms with van der Waals surface area (Å²) in [5.74, 6) is 0.625. The number of hydrogen-bond acceptors (Lipinski definition) is 3. The minimum absolute atomic E-state index is 0.101. The van der Waals surface area contributed by atoms with Gasteiger partial charge >= 0.3 is 0 Å². The zero-order valence-electron chi connectivity index (χ0n) is 12.4. The molecule has 2 aromatic rings. The van der Waals surface area contributed by atoms with Crippen molar-refractivity contribution in [1.29, 1.82) is 0 Å². The van der Waals surface area contributed by atoms with Crippen LogP contribution in [0.1, 0.15) is 23.9 Å². The first kappa shape index (κ1) is 16.1. The Kier molecular flexibility index (Phi) is 5.14. The lowest BCUT2D eigenvalue weighted by atomic mass is 10.1. The van der Waals surface area contributed by atoms with Crippen molar-refractivity contribution in [2.24, 2.45) is 12.8 Å². The number of hydrogen-bond donors (Lipinski definition) is 1. The van der Waals surface area contributed by atoms with Crippen LogP contribution in [-0.2, 0) is 20.1 Å². The second-order valence-corrected chi connectivity index (χ2v) is 5.99. The summed E-state index contributed by atoms with van der Waals surface area (Å²) in [7, 11) is 1.84. The van der Waals surface area contributed by atoms with E-state index in [2.05, 4.69) is 5.10 Å². The Labute approximate surface area is 134 Å². The van der Waals surface area contributed by atoms with E-state index in [0.717, 1.165) is 23.4 Å². The number of benzene rings is 1. The molecule has 2 N–H and O–H groups in total. The van der Waals surface area contributed by atoms with Gasteiger partial charge in [0.2, 0.25) is 0 Å². The Morgan fingerprint density at radius 1 is 1.38 bits per heavy atom. The summed E-state index contributed by atoms with van der Waals surface area (Å²) >= 11 is 12.4. The van der Waals surface area contributed by atoms with Crippen molar-refractivity contribution >= 4 is 23.2 Å². The monoisotopic (exact) mass is 327 g/mol. The third kappa shape index (κ3) is 3.90. The fourth-order valence-corrected chi connectivity index (χ4v) is 2.62. The zero-order chi connectivity index (χ0) is 15.6. The third-order valence-electron chi connectivity index (χ3n) is 3.18. The molecule has 1 aromatic carbocycles. The van der Waals surface area contributed by atoms with Crippen LogP contribution in [-0.4, -0.2) is 15.8 Å². The normalized spacial score (nSPS) is 12.5. The summed E-state index contributed by atoms with van der Waals surface area (Å²) in [5.41, 5.74) is 8.49. The summed E-state index contributed by atoms with van der Waals surface area (Å²) in [6.45, 7) is 4.15. The highest BCUT2D eigenvalue weighted by Crippen LogP contribution is 2.28. The van der Waals surface area contributed by atoms with Crippen LogP contribution in [0.2, 0.25) is 10.0 Å². The molecule has 1 heterocycles. The molecule has 0 spiro atoms. The molecule has 6 heteroatoms. The van der Waals surface area contributed by atoms with Gasteiger partial charge < -0.3 is 10.5 Å². The Bertz CT molecular complexity index is 638. The molecule has 1 atom stereocenters. The average Bonchev–Trinajstić information content (AvgIpc) is 2.62. The molecule has 0 fully saturated rings. The van der Waals surface area contributed by atoms with Gasteiger partial charge in [-0.3, -0.25) is 4.68 Å². The molecule has 0 aliphatic rings. The zero-order valence-corrected chi connectivity index (χ0v) is 13.9. The molecular weight excluding hydrogens is 309 g/mol. The molecule has 2 rings (SSSR count). The summed E-state index contributed by atoms with van der Waals surface area (Å²) in [6, 6.07) is 5.82. The lowest BCUT2D eigenvalue weighted by Gasteiger charge is -2.11. The van der Waals surface area contributed by atoms with Crippen LogP contribution in [0, 0.1) is 6.92 Å². The van der Waals surface area contributed by atoms with E-state index in [9.17, 15) is 0 Å². The van der Waals surface area contributed by atoms with E-state index in [4.69, 9.17) is 33.7 Å². The molecule has 0 saturated heterocycles. The first-order valence-corrected chi connectivity index (χ1v) is 7.49. The Balaban J connectivity index is 2.10. The highest BCUT2D eigenvalue weighted by molar-refractivity contribution is 6.32. The molecule has 21 heavy (non-hydrogen) atoms. The number of nitrogens with zero attached hydrogens (tertiary/aromatic N) is 2. The molecule has 114 valence electrons. The average molecular weight is 328 g/mol. The van der Waals surface area contributed by atoms with Crippen molar-refractivity contribution in [2.75, 3.05) is 0 Å². The SMILES string of the molecule is Cc1nn(C)c(COc2ccc(CC(C)N)cc2Cl)c1Cl. The molecule has 0 bridgehead atoms. The van der Waals surface area contributed by atoms with E-state index in [1.807, 2.05) is 39.1 Å². The lowest BCUT2D eigenvalue weighted by Crippen LogP contribution is -2.17. The van der Waals surface area contributed by atoms with Gasteiger partial charge in [-0.15, -0.1) is 0 Å². The molecule has 0 radical (unpaired) electrons. The standard InChI is InChI=1S/C15H19Cl2N3O/c1-9(18)6-11-4-5-14(12(16)7-11)21-8-13-15(17)10(2)19-20(13)3/h4-5,7,9H,6,8,18H2,1-3H3. The van der Waals surface area contributed by atoms with Crippen LogP contribution in [0.15, 0.2) is 18.2 Å². The van der Waals surface area contributed by atoms with Gasteiger partial charge in [0, 0.05) is 13.1 Å². The number of halogens is 2. The van der Waals surface area contributed by atoms with Crippen LogP contribution >= 0.6 is 23.2 Å². The van der Waals surface area contributed by atoms with Crippen molar-refractivity contribution in [3.63, 3.8) is 0 Å². The van der Waals surface area contributed by atoms with Gasteiger partial charge in [0.25, 0.3) is 0 Å². The van der Waals surface area contributed by atoms with E-state index in [1.54, 1.807) is 4.68 Å². The van der Waals surface area contributed by atoms with Crippen LogP contribution < -0.4 is 10.5 Å². The minimum atomic E-state index is 0.101. The minimum Gasteiger partial charge on any atom is -0.486 e. The van der Waals surface area contributed by atoms with Crippen LogP contribution in [0.3, 0.4) is 0 Å². The van der Waals surface area contributed by atoms with Gasteiger partial charge in [0.1, 0.15) is 12.4 Å². The molecule has 0 amide bonds. The first-order chi connectivity index (χ1) is 9.88. The van der Waals surface area contributed by atoms with Crippen molar-refractivity contribution in [2.45, 2.75) is 32.9 Å². The second-order valence-electron chi connectivity index (χ2n) is 5.20. The predicted octanol–water partition coefficient (Wildman–Crippen LogP) is 3.50. The van der Waals surface area contributed by atoms with Gasteiger partial charge in [-0.25, -0.2) is 0 Å². The summed E-state index contributed by atoms with van der Waals surface area (Å²) in [4.78, 5) is 0. The summed E-state index contributed by atoms with van der Waals surface area (Å²) < 4.78 is 7.47. The molecule has 4 nitrogen and oxygen atoms in total. The molecule has 1 aromatic heterocycles. The van der Waals surface area contributed by atoms with Crippen molar-refractivity contribution in [1.82, 2.24) is 9.78 Å². The second kappa shape index (κ2) is 6.69. The van der Waals surface area contributed by atoms with Gasteiger partial charge in [-0.2, -0.15) is 5.10 Å². The summed E-state index contributed by atoms with van der Waals surface area (Å²) in [5, 5.41) is 5.45. The van der Waals surface area contributed by atoms with Crippen LogP contribution in [0.5, 0.6) is 5.75 Å². The summed E-state index contributed by atoms with van der Waals surface area (Å²) in [6.07, 6.45) is 0.784. The molecule has 0 aliphatic heterocycles. The maximum Gasteiger partial charge on any atom is 0.138 e. The molecule has 1 unspecified atom stereocenters. The Morgan fingerprint density at radius 2 is 2.10 bits per heavy atom. The number of aromatic nitrogens is 2. The number of aryl methyl sites for hydroxylation is 2. The first-order valence-electron chi connectivity index (χ1n) is 6.73. The van der Waals surface area contributed by atoms with E-state index < -0.39 is 0 Å². The molecule has 0 saturated carbocycles. The number of rotatable bonds is 5. The molecular formula is C15H19Cl2N3O. The Morgan fingerprint density at radius 3 is 2.62 bits per heavy atom. The maximum atomic E-state index is 6.24. The Hall–Kier alpha value is -1.23. The van der Waals surface area contributed by atoms with E-state index in [0.29, 0.717) is 22.4 Å². The number of ether oxygens (including phenoxy) is 1. The van der Waals surface area contributed by atoms with Gasteiger partial charge in [-0.1, -0.05) is 29.3 Å².